The molecule has 8 nitrogen and oxygen atoms in total. The lowest BCUT2D eigenvalue weighted by Gasteiger charge is -2.22. The zero-order chi connectivity index (χ0) is 23.5. The highest BCUT2D eigenvalue weighted by atomic mass is 16.5. The lowest BCUT2D eigenvalue weighted by molar-refractivity contribution is 0.0951. The molecule has 1 atom stereocenters. The Balaban J connectivity index is 1.74. The van der Waals surface area contributed by atoms with E-state index in [1.54, 1.807) is 33.4 Å². The Bertz CT molecular complexity index is 1080. The Labute approximate surface area is 193 Å². The first-order valence-corrected chi connectivity index (χ1v) is 11.2. The summed E-state index contributed by atoms with van der Waals surface area (Å²) in [5, 5.41) is 11.9. The number of carbonyl (C=O) groups excluding carboxylic acids is 2. The van der Waals surface area contributed by atoms with E-state index in [9.17, 15) is 9.59 Å². The van der Waals surface area contributed by atoms with Crippen LogP contribution in [0.3, 0.4) is 0 Å². The molecule has 0 unspecified atom stereocenters. The highest BCUT2D eigenvalue weighted by Gasteiger charge is 2.28. The van der Waals surface area contributed by atoms with Crippen LogP contribution in [0.5, 0.6) is 11.5 Å². The van der Waals surface area contributed by atoms with Crippen molar-refractivity contribution in [1.82, 2.24) is 15.6 Å². The van der Waals surface area contributed by atoms with Crippen LogP contribution in [0, 0.1) is 5.92 Å². The Kier molecular flexibility index (Phi) is 6.53. The van der Waals surface area contributed by atoms with Crippen molar-refractivity contribution in [2.75, 3.05) is 27.8 Å². The molecule has 33 heavy (non-hydrogen) atoms. The standard InChI is InChI=1S/C25H30N4O4/c1-15-11-19-12-21(32-3)22(33-4)13-20(19)23(28-29(15)25(31)26-2)17-7-9-18(10-8-17)24(30)27-14-16-5-6-16/h7-10,12-13,15-16H,5-6,11,14H2,1-4H3,(H,26,31)(H,27,30)/t15-/m1/s1. The van der Waals surface area contributed by atoms with Gasteiger partial charge in [0.1, 0.15) is 0 Å². The molecule has 1 fully saturated rings. The number of benzene rings is 2. The number of ether oxygens (including phenoxy) is 2. The predicted octanol–water partition coefficient (Wildman–Crippen LogP) is 3.18. The number of methoxy groups -OCH3 is 2. The van der Waals surface area contributed by atoms with Gasteiger partial charge in [-0.05, 0) is 61.9 Å². The van der Waals surface area contributed by atoms with Gasteiger partial charge in [0, 0.05) is 30.3 Å². The van der Waals surface area contributed by atoms with Crippen LogP contribution in [-0.2, 0) is 6.42 Å². The van der Waals surface area contributed by atoms with Crippen LogP contribution in [0.1, 0.15) is 46.8 Å². The van der Waals surface area contributed by atoms with E-state index in [1.807, 2.05) is 31.2 Å². The van der Waals surface area contributed by atoms with Gasteiger partial charge in [-0.1, -0.05) is 12.1 Å². The molecule has 4 rings (SSSR count). The Hall–Kier alpha value is -3.55. The van der Waals surface area contributed by atoms with Gasteiger partial charge in [-0.2, -0.15) is 5.10 Å². The first kappa shape index (κ1) is 22.6. The van der Waals surface area contributed by atoms with E-state index in [0.717, 1.165) is 23.2 Å². The van der Waals surface area contributed by atoms with Gasteiger partial charge in [-0.25, -0.2) is 9.80 Å². The van der Waals surface area contributed by atoms with Crippen molar-refractivity contribution < 1.29 is 19.1 Å². The van der Waals surface area contributed by atoms with E-state index < -0.39 is 0 Å². The van der Waals surface area contributed by atoms with Gasteiger partial charge < -0.3 is 20.1 Å². The maximum absolute atomic E-state index is 12.6. The second kappa shape index (κ2) is 9.52. The van der Waals surface area contributed by atoms with Crippen molar-refractivity contribution in [1.29, 1.82) is 0 Å². The molecule has 1 aliphatic carbocycles. The van der Waals surface area contributed by atoms with Gasteiger partial charge in [0.05, 0.1) is 26.0 Å². The van der Waals surface area contributed by atoms with Gasteiger partial charge in [0.2, 0.25) is 0 Å². The van der Waals surface area contributed by atoms with E-state index in [2.05, 4.69) is 10.6 Å². The summed E-state index contributed by atoms with van der Waals surface area (Å²) in [5.74, 6) is 1.75. The highest BCUT2D eigenvalue weighted by Crippen LogP contribution is 2.34. The van der Waals surface area contributed by atoms with Gasteiger partial charge in [-0.15, -0.1) is 0 Å². The SMILES string of the molecule is CNC(=O)N1N=C(c2ccc(C(=O)NCC3CC3)cc2)c2cc(OC)c(OC)cc2C[C@H]1C. The number of nitrogens with zero attached hydrogens (tertiary/aromatic N) is 2. The van der Waals surface area contributed by atoms with Gasteiger partial charge >= 0.3 is 6.03 Å². The van der Waals surface area contributed by atoms with Crippen LogP contribution in [-0.4, -0.2) is 56.5 Å². The molecule has 2 aromatic carbocycles. The maximum Gasteiger partial charge on any atom is 0.337 e. The summed E-state index contributed by atoms with van der Waals surface area (Å²) >= 11 is 0. The average molecular weight is 451 g/mol. The average Bonchev–Trinajstić information content (AvgIpc) is 3.68. The number of hydrogen-bond acceptors (Lipinski definition) is 5. The van der Waals surface area contributed by atoms with Crippen LogP contribution in [0.4, 0.5) is 4.79 Å². The molecule has 0 aromatic heterocycles. The van der Waals surface area contributed by atoms with Crippen molar-refractivity contribution in [3.63, 3.8) is 0 Å². The minimum absolute atomic E-state index is 0.0799. The van der Waals surface area contributed by atoms with Crippen molar-refractivity contribution >= 4 is 17.6 Å². The molecule has 0 bridgehead atoms. The summed E-state index contributed by atoms with van der Waals surface area (Å²) in [6.07, 6.45) is 2.97. The third-order valence-corrected chi connectivity index (χ3v) is 6.10. The van der Waals surface area contributed by atoms with Crippen molar-refractivity contribution in [3.8, 4) is 11.5 Å². The normalized spacial score (nSPS) is 17.4. The van der Waals surface area contributed by atoms with E-state index in [-0.39, 0.29) is 18.0 Å². The molecule has 2 N–H and O–H groups in total. The highest BCUT2D eigenvalue weighted by molar-refractivity contribution is 6.15. The first-order valence-electron chi connectivity index (χ1n) is 11.2. The third kappa shape index (κ3) is 4.79. The molecule has 2 aliphatic rings. The zero-order valence-corrected chi connectivity index (χ0v) is 19.5. The van der Waals surface area contributed by atoms with Gasteiger partial charge in [0.15, 0.2) is 11.5 Å². The van der Waals surface area contributed by atoms with E-state index in [4.69, 9.17) is 14.6 Å². The van der Waals surface area contributed by atoms with Crippen molar-refractivity contribution in [2.45, 2.75) is 32.2 Å². The summed E-state index contributed by atoms with van der Waals surface area (Å²) in [4.78, 5) is 25.0. The summed E-state index contributed by atoms with van der Waals surface area (Å²) in [7, 11) is 4.78. The number of urea groups is 1. The van der Waals surface area contributed by atoms with Crippen LogP contribution in [0.25, 0.3) is 0 Å². The monoisotopic (exact) mass is 450 g/mol. The number of rotatable bonds is 6. The quantitative estimate of drug-likeness (QED) is 0.707. The molecule has 0 saturated heterocycles. The number of amides is 3. The number of fused-ring (bicyclic) bond motifs is 1. The molecule has 3 amide bonds. The van der Waals surface area contributed by atoms with Crippen LogP contribution >= 0.6 is 0 Å². The molecule has 174 valence electrons. The molecule has 2 aromatic rings. The Morgan fingerprint density at radius 3 is 2.36 bits per heavy atom. The van der Waals surface area contributed by atoms with Gasteiger partial charge in [0.25, 0.3) is 5.91 Å². The summed E-state index contributed by atoms with van der Waals surface area (Å²) in [5.41, 5.74) is 3.88. The van der Waals surface area contributed by atoms with E-state index in [0.29, 0.717) is 35.1 Å². The molecule has 1 aliphatic heterocycles. The minimum Gasteiger partial charge on any atom is -0.493 e. The second-order valence-electron chi connectivity index (χ2n) is 8.50. The lowest BCUT2D eigenvalue weighted by atomic mass is 9.93. The number of carbonyl (C=O) groups is 2. The van der Waals surface area contributed by atoms with E-state index >= 15 is 0 Å². The van der Waals surface area contributed by atoms with Crippen LogP contribution < -0.4 is 20.1 Å². The molecule has 8 heteroatoms. The van der Waals surface area contributed by atoms with Gasteiger partial charge in [-0.3, -0.25) is 4.79 Å². The summed E-state index contributed by atoms with van der Waals surface area (Å²) in [6.45, 7) is 2.68. The molecule has 1 heterocycles. The van der Waals surface area contributed by atoms with Crippen LogP contribution in [0.15, 0.2) is 41.5 Å². The fraction of sp³-hybridized carbons (Fsp3) is 0.400. The maximum atomic E-state index is 12.6. The second-order valence-corrected chi connectivity index (χ2v) is 8.50. The fourth-order valence-electron chi connectivity index (χ4n) is 3.99. The van der Waals surface area contributed by atoms with E-state index in [1.165, 1.54) is 17.9 Å². The Morgan fingerprint density at radius 2 is 1.76 bits per heavy atom. The molecular formula is C25H30N4O4. The fourth-order valence-corrected chi connectivity index (χ4v) is 3.99. The minimum atomic E-state index is -0.289. The first-order chi connectivity index (χ1) is 15.9. The molecule has 0 radical (unpaired) electrons. The number of hydrogen-bond donors (Lipinski definition) is 2. The summed E-state index contributed by atoms with van der Waals surface area (Å²) in [6, 6.07) is 10.7. The summed E-state index contributed by atoms with van der Waals surface area (Å²) < 4.78 is 11.0. The molecular weight excluding hydrogens is 420 g/mol. The number of hydrazone groups is 1. The van der Waals surface area contributed by atoms with Crippen molar-refractivity contribution in [3.05, 3.63) is 58.7 Å². The topological polar surface area (TPSA) is 92.3 Å². The smallest absolute Gasteiger partial charge is 0.337 e. The molecule has 1 saturated carbocycles. The zero-order valence-electron chi connectivity index (χ0n) is 19.5. The van der Waals surface area contributed by atoms with Crippen LogP contribution in [0.2, 0.25) is 0 Å². The Morgan fingerprint density at radius 1 is 1.09 bits per heavy atom. The van der Waals surface area contributed by atoms with Crippen molar-refractivity contribution in [2.24, 2.45) is 11.0 Å². The largest absolute Gasteiger partial charge is 0.493 e. The number of nitrogens with one attached hydrogen (secondary N) is 2. The lowest BCUT2D eigenvalue weighted by Crippen LogP contribution is -2.41. The molecule has 0 spiro atoms. The predicted molar refractivity (Wildman–Crippen MR) is 126 cm³/mol. The third-order valence-electron chi connectivity index (χ3n) is 6.10.